The van der Waals surface area contributed by atoms with Gasteiger partial charge in [0.2, 0.25) is 0 Å². The Labute approximate surface area is 120 Å². The van der Waals surface area contributed by atoms with E-state index in [-0.39, 0.29) is 0 Å². The van der Waals surface area contributed by atoms with Gasteiger partial charge in [0.05, 0.1) is 16.1 Å². The lowest BCUT2D eigenvalue weighted by Gasteiger charge is -2.12. The van der Waals surface area contributed by atoms with Crippen LogP contribution in [0.15, 0.2) is 34.1 Å². The van der Waals surface area contributed by atoms with Gasteiger partial charge in [-0.15, -0.1) is 11.3 Å². The average Bonchev–Trinajstić information content (AvgIpc) is 2.75. The van der Waals surface area contributed by atoms with E-state index in [4.69, 9.17) is 4.74 Å². The molecule has 0 aliphatic heterocycles. The highest BCUT2D eigenvalue weighted by molar-refractivity contribution is 9.11. The standard InChI is InChI=1S/C14H16BrNOS/c1-3-17-13-8-10(2)4-6-12(13)16-9-11-5-7-14(15)18-11/h4-8,16H,3,9H2,1-2H3. The molecule has 4 heteroatoms. The molecule has 0 fully saturated rings. The Kier molecular flexibility index (Phi) is 4.66. The van der Waals surface area contributed by atoms with Gasteiger partial charge in [-0.1, -0.05) is 6.07 Å². The molecule has 0 bridgehead atoms. The molecule has 0 spiro atoms. The predicted octanol–water partition coefficient (Wildman–Crippen LogP) is 4.83. The van der Waals surface area contributed by atoms with Crippen LogP contribution in [-0.4, -0.2) is 6.61 Å². The number of ether oxygens (including phenoxy) is 1. The molecule has 0 amide bonds. The Hall–Kier alpha value is -1.000. The van der Waals surface area contributed by atoms with Crippen LogP contribution < -0.4 is 10.1 Å². The van der Waals surface area contributed by atoms with Crippen molar-refractivity contribution in [1.82, 2.24) is 0 Å². The summed E-state index contributed by atoms with van der Waals surface area (Å²) in [6.45, 7) is 5.58. The van der Waals surface area contributed by atoms with Gasteiger partial charge in [0.1, 0.15) is 5.75 Å². The van der Waals surface area contributed by atoms with Crippen molar-refractivity contribution in [3.63, 3.8) is 0 Å². The minimum atomic E-state index is 0.683. The molecule has 0 aliphatic carbocycles. The van der Waals surface area contributed by atoms with Gasteiger partial charge in [-0.2, -0.15) is 0 Å². The molecule has 0 aliphatic rings. The molecule has 0 unspecified atom stereocenters. The zero-order chi connectivity index (χ0) is 13.0. The fraction of sp³-hybridized carbons (Fsp3) is 0.286. The third-order valence-corrected chi connectivity index (χ3v) is 4.14. The lowest BCUT2D eigenvalue weighted by molar-refractivity contribution is 0.341. The molecule has 1 heterocycles. The van der Waals surface area contributed by atoms with Gasteiger partial charge in [0.25, 0.3) is 0 Å². The van der Waals surface area contributed by atoms with Crippen molar-refractivity contribution in [3.8, 4) is 5.75 Å². The molecule has 2 nitrogen and oxygen atoms in total. The topological polar surface area (TPSA) is 21.3 Å². The molecule has 0 saturated carbocycles. The van der Waals surface area contributed by atoms with Crippen molar-refractivity contribution >= 4 is 33.0 Å². The van der Waals surface area contributed by atoms with Crippen molar-refractivity contribution in [1.29, 1.82) is 0 Å². The first-order chi connectivity index (χ1) is 8.69. The van der Waals surface area contributed by atoms with Crippen LogP contribution in [0.1, 0.15) is 17.4 Å². The number of halogens is 1. The molecule has 96 valence electrons. The van der Waals surface area contributed by atoms with E-state index < -0.39 is 0 Å². The van der Waals surface area contributed by atoms with Gasteiger partial charge in [-0.3, -0.25) is 0 Å². The summed E-state index contributed by atoms with van der Waals surface area (Å²) >= 11 is 5.22. The molecule has 0 radical (unpaired) electrons. The normalized spacial score (nSPS) is 10.4. The van der Waals surface area contributed by atoms with Crippen LogP contribution >= 0.6 is 27.3 Å². The fourth-order valence-electron chi connectivity index (χ4n) is 1.68. The third kappa shape index (κ3) is 3.50. The van der Waals surface area contributed by atoms with E-state index in [0.29, 0.717) is 6.61 Å². The van der Waals surface area contributed by atoms with Gasteiger partial charge >= 0.3 is 0 Å². The van der Waals surface area contributed by atoms with Gasteiger partial charge in [-0.05, 0) is 59.6 Å². The van der Waals surface area contributed by atoms with E-state index >= 15 is 0 Å². The SMILES string of the molecule is CCOc1cc(C)ccc1NCc1ccc(Br)s1. The molecule has 1 N–H and O–H groups in total. The highest BCUT2D eigenvalue weighted by Gasteiger charge is 2.04. The van der Waals surface area contributed by atoms with Crippen LogP contribution in [0.5, 0.6) is 5.75 Å². The Bertz CT molecular complexity index is 524. The molecule has 0 atom stereocenters. The number of hydrogen-bond acceptors (Lipinski definition) is 3. The summed E-state index contributed by atoms with van der Waals surface area (Å²) < 4.78 is 6.80. The first-order valence-electron chi connectivity index (χ1n) is 5.90. The fourth-order valence-corrected chi connectivity index (χ4v) is 3.10. The summed E-state index contributed by atoms with van der Waals surface area (Å²) in [7, 11) is 0. The van der Waals surface area contributed by atoms with Crippen molar-refractivity contribution in [2.24, 2.45) is 0 Å². The molecule has 2 aromatic rings. The molecule has 18 heavy (non-hydrogen) atoms. The molecule has 1 aromatic carbocycles. The zero-order valence-electron chi connectivity index (χ0n) is 10.5. The van der Waals surface area contributed by atoms with Crippen LogP contribution in [0.25, 0.3) is 0 Å². The number of anilines is 1. The van der Waals surface area contributed by atoms with E-state index in [1.165, 1.54) is 10.4 Å². The number of aryl methyl sites for hydroxylation is 1. The lowest BCUT2D eigenvalue weighted by atomic mass is 10.2. The summed E-state index contributed by atoms with van der Waals surface area (Å²) in [6, 6.07) is 10.4. The van der Waals surface area contributed by atoms with Crippen LogP contribution in [0.3, 0.4) is 0 Å². The van der Waals surface area contributed by atoms with Crippen LogP contribution in [0, 0.1) is 6.92 Å². The lowest BCUT2D eigenvalue weighted by Crippen LogP contribution is -2.01. The van der Waals surface area contributed by atoms with E-state index in [1.807, 2.05) is 6.92 Å². The Morgan fingerprint density at radius 3 is 2.78 bits per heavy atom. The minimum Gasteiger partial charge on any atom is -0.492 e. The highest BCUT2D eigenvalue weighted by atomic mass is 79.9. The van der Waals surface area contributed by atoms with Crippen molar-refractivity contribution < 1.29 is 4.74 Å². The molecule has 2 rings (SSSR count). The van der Waals surface area contributed by atoms with Crippen LogP contribution in [-0.2, 0) is 6.54 Å². The van der Waals surface area contributed by atoms with E-state index in [1.54, 1.807) is 11.3 Å². The van der Waals surface area contributed by atoms with Gasteiger partial charge in [0, 0.05) is 11.4 Å². The number of benzene rings is 1. The Morgan fingerprint density at radius 2 is 2.11 bits per heavy atom. The number of rotatable bonds is 5. The maximum absolute atomic E-state index is 5.64. The summed E-state index contributed by atoms with van der Waals surface area (Å²) in [5, 5.41) is 3.42. The summed E-state index contributed by atoms with van der Waals surface area (Å²) in [4.78, 5) is 1.30. The third-order valence-electron chi connectivity index (χ3n) is 2.52. The van der Waals surface area contributed by atoms with Crippen LogP contribution in [0.2, 0.25) is 0 Å². The second kappa shape index (κ2) is 6.25. The van der Waals surface area contributed by atoms with E-state index in [2.05, 4.69) is 58.5 Å². The van der Waals surface area contributed by atoms with Crippen molar-refractivity contribution in [2.75, 3.05) is 11.9 Å². The second-order valence-corrected chi connectivity index (χ2v) is 6.54. The minimum absolute atomic E-state index is 0.683. The van der Waals surface area contributed by atoms with E-state index in [0.717, 1.165) is 21.8 Å². The molecular weight excluding hydrogens is 310 g/mol. The first kappa shape index (κ1) is 13.4. The van der Waals surface area contributed by atoms with Gasteiger partial charge in [-0.25, -0.2) is 0 Å². The molecule has 0 saturated heterocycles. The largest absolute Gasteiger partial charge is 0.492 e. The monoisotopic (exact) mass is 325 g/mol. The average molecular weight is 326 g/mol. The van der Waals surface area contributed by atoms with Gasteiger partial charge in [0.15, 0.2) is 0 Å². The van der Waals surface area contributed by atoms with Crippen molar-refractivity contribution in [3.05, 3.63) is 44.6 Å². The number of hydrogen-bond donors (Lipinski definition) is 1. The smallest absolute Gasteiger partial charge is 0.142 e. The van der Waals surface area contributed by atoms with Crippen LogP contribution in [0.4, 0.5) is 5.69 Å². The first-order valence-corrected chi connectivity index (χ1v) is 7.51. The van der Waals surface area contributed by atoms with Gasteiger partial charge < -0.3 is 10.1 Å². The summed E-state index contributed by atoms with van der Waals surface area (Å²) in [5.74, 6) is 0.924. The summed E-state index contributed by atoms with van der Waals surface area (Å²) in [6.07, 6.45) is 0. The maximum Gasteiger partial charge on any atom is 0.142 e. The maximum atomic E-state index is 5.64. The molecular formula is C14H16BrNOS. The number of thiophene rings is 1. The highest BCUT2D eigenvalue weighted by Crippen LogP contribution is 2.28. The second-order valence-electron chi connectivity index (χ2n) is 3.99. The quantitative estimate of drug-likeness (QED) is 0.850. The van der Waals surface area contributed by atoms with E-state index in [9.17, 15) is 0 Å². The predicted molar refractivity (Wildman–Crippen MR) is 81.7 cm³/mol. The molecule has 1 aromatic heterocycles. The number of nitrogens with one attached hydrogen (secondary N) is 1. The summed E-state index contributed by atoms with van der Waals surface area (Å²) in [5.41, 5.74) is 2.26. The Balaban J connectivity index is 2.08. The van der Waals surface area contributed by atoms with Crippen molar-refractivity contribution in [2.45, 2.75) is 20.4 Å². The zero-order valence-corrected chi connectivity index (χ0v) is 12.9. The Morgan fingerprint density at radius 1 is 1.28 bits per heavy atom.